The highest BCUT2D eigenvalue weighted by Crippen LogP contribution is 2.43. The minimum absolute atomic E-state index is 0.257. The molecule has 0 bridgehead atoms. The van der Waals surface area contributed by atoms with E-state index < -0.39 is 8.07 Å². The van der Waals surface area contributed by atoms with E-state index in [4.69, 9.17) is 9.40 Å². The van der Waals surface area contributed by atoms with E-state index in [2.05, 4.69) is 137 Å². The molecule has 2 aromatic heterocycles. The van der Waals surface area contributed by atoms with Crippen LogP contribution in [0.2, 0.25) is 19.6 Å². The van der Waals surface area contributed by atoms with Gasteiger partial charge in [-0.15, -0.1) is 0 Å². The number of hydrogen-bond donors (Lipinski definition) is 0. The number of aromatic nitrogens is 2. The van der Waals surface area contributed by atoms with Gasteiger partial charge in [-0.05, 0) is 99.8 Å². The van der Waals surface area contributed by atoms with Gasteiger partial charge in [0.05, 0.1) is 30.4 Å². The molecule has 8 aromatic rings. The summed E-state index contributed by atoms with van der Waals surface area (Å²) in [4.78, 5) is 5.33. The summed E-state index contributed by atoms with van der Waals surface area (Å²) < 4.78 is 23.2. The van der Waals surface area contributed by atoms with Gasteiger partial charge in [-0.3, -0.25) is 4.57 Å². The SMILES string of the molecule is CC(C)c1cc(-c2ccc([Si](C)(C)C)cc2)cc(C(C)C)c1-n1c(-c2cccc3c2oc2cc(-c4cccc(F)c4)ccc23)nc2ccccc21. The third kappa shape index (κ3) is 5.80. The van der Waals surface area contributed by atoms with Crippen LogP contribution in [0.3, 0.4) is 0 Å². The number of benzene rings is 6. The zero-order valence-electron chi connectivity index (χ0n) is 30.4. The highest BCUT2D eigenvalue weighted by Gasteiger charge is 2.26. The van der Waals surface area contributed by atoms with E-state index in [9.17, 15) is 4.39 Å². The minimum Gasteiger partial charge on any atom is -0.455 e. The standard InChI is InChI=1S/C46H43FN2OSi/c1-28(2)39-25-33(30-18-21-35(22-19-30)51(5,6)7)26-40(29(3)4)44(39)49-42-17-9-8-16-41(42)48-46(49)38-15-11-14-37-36-23-20-32(27-43(36)50-45(37)38)31-12-10-13-34(47)24-31/h8-29H,1-7H3. The number of nitrogens with zero attached hydrogens (tertiary/aromatic N) is 2. The second-order valence-corrected chi connectivity index (χ2v) is 20.5. The van der Waals surface area contributed by atoms with Crippen LogP contribution >= 0.6 is 0 Å². The van der Waals surface area contributed by atoms with Crippen molar-refractivity contribution >= 4 is 46.2 Å². The van der Waals surface area contributed by atoms with Gasteiger partial charge in [0.1, 0.15) is 22.8 Å². The fourth-order valence-corrected chi connectivity index (χ4v) is 8.57. The molecule has 0 atom stereocenters. The molecule has 0 saturated carbocycles. The smallest absolute Gasteiger partial charge is 0.149 e. The van der Waals surface area contributed by atoms with Gasteiger partial charge in [-0.25, -0.2) is 9.37 Å². The van der Waals surface area contributed by atoms with E-state index >= 15 is 0 Å². The average molecular weight is 687 g/mol. The fourth-order valence-electron chi connectivity index (χ4n) is 7.40. The number of hydrogen-bond acceptors (Lipinski definition) is 2. The topological polar surface area (TPSA) is 31.0 Å². The minimum atomic E-state index is -1.41. The molecule has 0 unspecified atom stereocenters. The van der Waals surface area contributed by atoms with Gasteiger partial charge in [0.2, 0.25) is 0 Å². The van der Waals surface area contributed by atoms with Crippen molar-refractivity contribution in [2.24, 2.45) is 0 Å². The molecule has 0 aliphatic rings. The van der Waals surface area contributed by atoms with Crippen molar-refractivity contribution in [3.05, 3.63) is 138 Å². The maximum Gasteiger partial charge on any atom is 0.149 e. The van der Waals surface area contributed by atoms with E-state index in [1.54, 1.807) is 12.1 Å². The fraction of sp³-hybridized carbons (Fsp3) is 0.196. The first-order valence-corrected chi connectivity index (χ1v) is 21.5. The lowest BCUT2D eigenvalue weighted by atomic mass is 9.88. The van der Waals surface area contributed by atoms with Crippen molar-refractivity contribution in [2.75, 3.05) is 0 Å². The van der Waals surface area contributed by atoms with Crippen LogP contribution in [0.4, 0.5) is 4.39 Å². The van der Waals surface area contributed by atoms with Crippen LogP contribution in [-0.2, 0) is 0 Å². The molecule has 2 heterocycles. The summed E-state index contributed by atoms with van der Waals surface area (Å²) in [6.07, 6.45) is 0. The van der Waals surface area contributed by atoms with Gasteiger partial charge in [0.15, 0.2) is 0 Å². The molecule has 51 heavy (non-hydrogen) atoms. The molecule has 0 fully saturated rings. The zero-order chi connectivity index (χ0) is 35.6. The number of furan rings is 1. The Morgan fingerprint density at radius 3 is 1.98 bits per heavy atom. The summed E-state index contributed by atoms with van der Waals surface area (Å²) in [6, 6.07) is 41.6. The Bertz CT molecular complexity index is 2560. The average Bonchev–Trinajstić information content (AvgIpc) is 3.69. The van der Waals surface area contributed by atoms with Crippen LogP contribution in [0.15, 0.2) is 126 Å². The van der Waals surface area contributed by atoms with E-state index in [0.717, 1.165) is 55.5 Å². The van der Waals surface area contributed by atoms with Gasteiger partial charge in [-0.1, -0.05) is 119 Å². The number of fused-ring (bicyclic) bond motifs is 4. The molecule has 3 nitrogen and oxygen atoms in total. The Hall–Kier alpha value is -5.26. The molecule has 5 heteroatoms. The Kier molecular flexibility index (Phi) is 8.07. The summed E-state index contributed by atoms with van der Waals surface area (Å²) >= 11 is 0. The number of para-hydroxylation sites is 3. The number of rotatable bonds is 7. The largest absolute Gasteiger partial charge is 0.455 e. The lowest BCUT2D eigenvalue weighted by Crippen LogP contribution is -2.37. The molecule has 0 aliphatic carbocycles. The maximum atomic E-state index is 14.1. The van der Waals surface area contributed by atoms with Crippen molar-refractivity contribution in [3.8, 4) is 39.3 Å². The Balaban J connectivity index is 1.37. The Labute approximate surface area is 300 Å². The highest BCUT2D eigenvalue weighted by molar-refractivity contribution is 6.88. The first-order chi connectivity index (χ1) is 24.5. The molecular weight excluding hydrogens is 644 g/mol. The van der Waals surface area contributed by atoms with Gasteiger partial charge in [-0.2, -0.15) is 0 Å². The first kappa shape index (κ1) is 32.9. The highest BCUT2D eigenvalue weighted by atomic mass is 28.3. The summed E-state index contributed by atoms with van der Waals surface area (Å²) in [7, 11) is -1.41. The van der Waals surface area contributed by atoms with Crippen molar-refractivity contribution in [3.63, 3.8) is 0 Å². The molecule has 0 amide bonds. The molecule has 0 saturated heterocycles. The van der Waals surface area contributed by atoms with E-state index in [1.807, 2.05) is 18.2 Å². The predicted octanol–water partition coefficient (Wildman–Crippen LogP) is 12.9. The van der Waals surface area contributed by atoms with Crippen LogP contribution < -0.4 is 5.19 Å². The molecule has 254 valence electrons. The Morgan fingerprint density at radius 1 is 0.627 bits per heavy atom. The molecule has 6 aromatic carbocycles. The van der Waals surface area contributed by atoms with Crippen molar-refractivity contribution in [1.29, 1.82) is 0 Å². The van der Waals surface area contributed by atoms with Gasteiger partial charge >= 0.3 is 0 Å². The van der Waals surface area contributed by atoms with E-state index in [1.165, 1.54) is 39.2 Å². The Morgan fingerprint density at radius 2 is 1.29 bits per heavy atom. The van der Waals surface area contributed by atoms with Crippen LogP contribution in [0.5, 0.6) is 0 Å². The second kappa shape index (κ2) is 12.5. The lowest BCUT2D eigenvalue weighted by Gasteiger charge is -2.24. The summed E-state index contributed by atoms with van der Waals surface area (Å²) in [5.74, 6) is 1.11. The van der Waals surface area contributed by atoms with Crippen LogP contribution in [0.1, 0.15) is 50.7 Å². The molecular formula is C46H43FN2OSi. The monoisotopic (exact) mass is 686 g/mol. The van der Waals surface area contributed by atoms with Crippen molar-refractivity contribution < 1.29 is 8.81 Å². The molecule has 0 radical (unpaired) electrons. The first-order valence-electron chi connectivity index (χ1n) is 18.0. The predicted molar refractivity (Wildman–Crippen MR) is 216 cm³/mol. The third-order valence-electron chi connectivity index (χ3n) is 10.2. The zero-order valence-corrected chi connectivity index (χ0v) is 31.4. The molecule has 0 N–H and O–H groups in total. The number of halogens is 1. The lowest BCUT2D eigenvalue weighted by molar-refractivity contribution is 0.628. The summed E-state index contributed by atoms with van der Waals surface area (Å²) in [5.41, 5.74) is 12.4. The van der Waals surface area contributed by atoms with Crippen LogP contribution in [0, 0.1) is 5.82 Å². The maximum absolute atomic E-state index is 14.1. The van der Waals surface area contributed by atoms with Gasteiger partial charge < -0.3 is 4.42 Å². The molecule has 0 spiro atoms. The van der Waals surface area contributed by atoms with Gasteiger partial charge in [0.25, 0.3) is 0 Å². The second-order valence-electron chi connectivity index (χ2n) is 15.4. The van der Waals surface area contributed by atoms with E-state index in [0.29, 0.717) is 0 Å². The van der Waals surface area contributed by atoms with Crippen molar-refractivity contribution in [2.45, 2.75) is 59.2 Å². The van der Waals surface area contributed by atoms with Crippen LogP contribution in [0.25, 0.3) is 72.3 Å². The van der Waals surface area contributed by atoms with Gasteiger partial charge in [0, 0.05) is 10.8 Å². The van der Waals surface area contributed by atoms with Crippen molar-refractivity contribution in [1.82, 2.24) is 9.55 Å². The quantitative estimate of drug-likeness (QED) is 0.156. The third-order valence-corrected chi connectivity index (χ3v) is 12.2. The molecule has 0 aliphatic heterocycles. The summed E-state index contributed by atoms with van der Waals surface area (Å²) in [5, 5.41) is 3.51. The van der Waals surface area contributed by atoms with E-state index in [-0.39, 0.29) is 17.7 Å². The van der Waals surface area contributed by atoms with Crippen LogP contribution in [-0.4, -0.2) is 17.6 Å². The number of imidazole rings is 1. The summed E-state index contributed by atoms with van der Waals surface area (Å²) in [6.45, 7) is 16.3. The normalized spacial score (nSPS) is 12.3. The molecule has 8 rings (SSSR count).